The minimum absolute atomic E-state index is 0.220. The largest absolute Gasteiger partial charge is 0.494 e. The summed E-state index contributed by atoms with van der Waals surface area (Å²) in [6, 6.07) is 8.05. The number of unbranched alkanes of at least 4 members (excludes halogenated alkanes) is 2. The topological polar surface area (TPSA) is 58.6 Å². The number of ether oxygens (including phenoxy) is 1. The first-order valence-electron chi connectivity index (χ1n) is 7.36. The molecule has 0 spiro atoms. The molecular formula is C16H25NO3. The first-order chi connectivity index (χ1) is 9.72. The Kier molecular flexibility index (Phi) is 8.47. The van der Waals surface area contributed by atoms with E-state index in [1.165, 1.54) is 18.4 Å². The molecule has 1 aromatic carbocycles. The summed E-state index contributed by atoms with van der Waals surface area (Å²) in [5, 5.41) is 11.8. The first-order valence-corrected chi connectivity index (χ1v) is 7.36. The highest BCUT2D eigenvalue weighted by Gasteiger charge is 1.98. The zero-order valence-electron chi connectivity index (χ0n) is 12.2. The van der Waals surface area contributed by atoms with Crippen LogP contribution < -0.4 is 10.1 Å². The maximum absolute atomic E-state index is 10.4. The molecule has 0 saturated carbocycles. The average Bonchev–Trinajstić information content (AvgIpc) is 2.44. The molecule has 0 aliphatic rings. The van der Waals surface area contributed by atoms with Gasteiger partial charge in [-0.25, -0.2) is 0 Å². The Morgan fingerprint density at radius 3 is 2.60 bits per heavy atom. The lowest BCUT2D eigenvalue weighted by atomic mass is 10.2. The second kappa shape index (κ2) is 10.3. The summed E-state index contributed by atoms with van der Waals surface area (Å²) in [4.78, 5) is 10.4. The van der Waals surface area contributed by atoms with E-state index in [4.69, 9.17) is 9.84 Å². The zero-order chi connectivity index (χ0) is 14.6. The van der Waals surface area contributed by atoms with E-state index in [1.54, 1.807) is 0 Å². The highest BCUT2D eigenvalue weighted by molar-refractivity contribution is 5.66. The first kappa shape index (κ1) is 16.5. The summed E-state index contributed by atoms with van der Waals surface area (Å²) >= 11 is 0. The van der Waals surface area contributed by atoms with Crippen LogP contribution >= 0.6 is 0 Å². The Balaban J connectivity index is 2.16. The Labute approximate surface area is 121 Å². The lowest BCUT2D eigenvalue weighted by molar-refractivity contribution is -0.137. The fourth-order valence-corrected chi connectivity index (χ4v) is 1.84. The normalized spacial score (nSPS) is 10.4. The summed E-state index contributed by atoms with van der Waals surface area (Å²) in [6.07, 6.45) is 4.39. The molecule has 0 aliphatic carbocycles. The molecule has 112 valence electrons. The van der Waals surface area contributed by atoms with E-state index in [0.717, 1.165) is 31.9 Å². The maximum atomic E-state index is 10.4. The summed E-state index contributed by atoms with van der Waals surface area (Å²) in [5.41, 5.74) is 1.18. The molecule has 0 atom stereocenters. The quantitative estimate of drug-likeness (QED) is 0.611. The van der Waals surface area contributed by atoms with Crippen LogP contribution in [0, 0.1) is 0 Å². The monoisotopic (exact) mass is 279 g/mol. The van der Waals surface area contributed by atoms with Crippen LogP contribution in [0.2, 0.25) is 0 Å². The summed E-state index contributed by atoms with van der Waals surface area (Å²) < 4.78 is 5.65. The third-order valence-corrected chi connectivity index (χ3v) is 3.01. The number of carbonyl (C=O) groups is 1. The van der Waals surface area contributed by atoms with Gasteiger partial charge in [-0.2, -0.15) is 0 Å². The molecule has 0 aliphatic heterocycles. The van der Waals surface area contributed by atoms with Crippen molar-refractivity contribution in [3.63, 3.8) is 0 Å². The highest BCUT2D eigenvalue weighted by atomic mass is 16.5. The number of aliphatic carboxylic acids is 1. The number of nitrogens with one attached hydrogen (secondary N) is 1. The second-order valence-electron chi connectivity index (χ2n) is 4.87. The molecule has 1 rings (SSSR count). The van der Waals surface area contributed by atoms with Gasteiger partial charge in [-0.1, -0.05) is 31.9 Å². The van der Waals surface area contributed by atoms with Crippen LogP contribution in [-0.4, -0.2) is 24.2 Å². The van der Waals surface area contributed by atoms with Gasteiger partial charge in [0.15, 0.2) is 0 Å². The smallest absolute Gasteiger partial charge is 0.303 e. The summed E-state index contributed by atoms with van der Waals surface area (Å²) in [5.74, 6) is 0.173. The second-order valence-corrected chi connectivity index (χ2v) is 4.87. The molecule has 0 heterocycles. The molecule has 0 aromatic heterocycles. The maximum Gasteiger partial charge on any atom is 0.303 e. The molecule has 20 heavy (non-hydrogen) atoms. The van der Waals surface area contributed by atoms with Gasteiger partial charge in [0.05, 0.1) is 6.61 Å². The molecule has 2 N–H and O–H groups in total. The lowest BCUT2D eigenvalue weighted by Gasteiger charge is -2.07. The van der Waals surface area contributed by atoms with E-state index in [9.17, 15) is 4.79 Å². The molecule has 1 aromatic rings. The third-order valence-electron chi connectivity index (χ3n) is 3.01. The zero-order valence-corrected chi connectivity index (χ0v) is 12.2. The molecule has 4 heteroatoms. The number of benzene rings is 1. The minimum Gasteiger partial charge on any atom is -0.494 e. The fourth-order valence-electron chi connectivity index (χ4n) is 1.84. The van der Waals surface area contributed by atoms with Crippen LogP contribution in [0.25, 0.3) is 0 Å². The van der Waals surface area contributed by atoms with Gasteiger partial charge in [-0.15, -0.1) is 0 Å². The Morgan fingerprint density at radius 2 is 1.95 bits per heavy atom. The molecule has 0 bridgehead atoms. The van der Waals surface area contributed by atoms with Gasteiger partial charge >= 0.3 is 5.97 Å². The third kappa shape index (κ3) is 7.79. The van der Waals surface area contributed by atoms with Crippen molar-refractivity contribution in [2.24, 2.45) is 0 Å². The van der Waals surface area contributed by atoms with Crippen molar-refractivity contribution >= 4 is 5.97 Å². The van der Waals surface area contributed by atoms with Crippen molar-refractivity contribution in [3.8, 4) is 5.75 Å². The molecule has 0 unspecified atom stereocenters. The van der Waals surface area contributed by atoms with Gasteiger partial charge in [0, 0.05) is 13.0 Å². The SMILES string of the molecule is CCCCCOc1ccc(CNCCCC(=O)O)cc1. The summed E-state index contributed by atoms with van der Waals surface area (Å²) in [7, 11) is 0. The van der Waals surface area contributed by atoms with Crippen LogP contribution in [0.5, 0.6) is 5.75 Å². The van der Waals surface area contributed by atoms with Gasteiger partial charge in [0.2, 0.25) is 0 Å². The fraction of sp³-hybridized carbons (Fsp3) is 0.562. The standard InChI is InChI=1S/C16H25NO3/c1-2-3-4-12-20-15-9-7-14(8-10-15)13-17-11-5-6-16(18)19/h7-10,17H,2-6,11-13H2,1H3,(H,18,19). The number of carboxylic acids is 1. The van der Waals surface area contributed by atoms with Gasteiger partial charge in [0.1, 0.15) is 5.75 Å². The van der Waals surface area contributed by atoms with Crippen molar-refractivity contribution in [2.45, 2.75) is 45.6 Å². The van der Waals surface area contributed by atoms with Crippen molar-refractivity contribution in [2.75, 3.05) is 13.2 Å². The van der Waals surface area contributed by atoms with Crippen LogP contribution in [-0.2, 0) is 11.3 Å². The Bertz CT molecular complexity index is 376. The van der Waals surface area contributed by atoms with Gasteiger partial charge in [-0.3, -0.25) is 4.79 Å². The van der Waals surface area contributed by atoms with Crippen LogP contribution in [0.3, 0.4) is 0 Å². The van der Waals surface area contributed by atoms with Crippen molar-refractivity contribution in [3.05, 3.63) is 29.8 Å². The molecule has 4 nitrogen and oxygen atoms in total. The lowest BCUT2D eigenvalue weighted by Crippen LogP contribution is -2.15. The van der Waals surface area contributed by atoms with Gasteiger partial charge < -0.3 is 15.2 Å². The van der Waals surface area contributed by atoms with E-state index in [2.05, 4.69) is 12.2 Å². The molecule has 0 radical (unpaired) electrons. The van der Waals surface area contributed by atoms with Gasteiger partial charge in [-0.05, 0) is 37.1 Å². The number of rotatable bonds is 11. The van der Waals surface area contributed by atoms with Crippen LogP contribution in [0.4, 0.5) is 0 Å². The van der Waals surface area contributed by atoms with Crippen molar-refractivity contribution in [1.82, 2.24) is 5.32 Å². The van der Waals surface area contributed by atoms with E-state index in [0.29, 0.717) is 6.42 Å². The van der Waals surface area contributed by atoms with E-state index >= 15 is 0 Å². The molecular weight excluding hydrogens is 254 g/mol. The van der Waals surface area contributed by atoms with Crippen molar-refractivity contribution < 1.29 is 14.6 Å². The van der Waals surface area contributed by atoms with Crippen LogP contribution in [0.15, 0.2) is 24.3 Å². The van der Waals surface area contributed by atoms with E-state index in [-0.39, 0.29) is 6.42 Å². The van der Waals surface area contributed by atoms with E-state index in [1.807, 2.05) is 24.3 Å². The Hall–Kier alpha value is -1.55. The average molecular weight is 279 g/mol. The highest BCUT2D eigenvalue weighted by Crippen LogP contribution is 2.12. The minimum atomic E-state index is -0.739. The van der Waals surface area contributed by atoms with Gasteiger partial charge in [0.25, 0.3) is 0 Å². The molecule has 0 fully saturated rings. The predicted octanol–water partition coefficient (Wildman–Crippen LogP) is 3.21. The Morgan fingerprint density at radius 1 is 1.20 bits per heavy atom. The van der Waals surface area contributed by atoms with E-state index < -0.39 is 5.97 Å². The summed E-state index contributed by atoms with van der Waals surface area (Å²) in [6.45, 7) is 4.44. The molecule has 0 saturated heterocycles. The van der Waals surface area contributed by atoms with Crippen molar-refractivity contribution in [1.29, 1.82) is 0 Å². The van der Waals surface area contributed by atoms with Crippen LogP contribution in [0.1, 0.15) is 44.6 Å². The number of carboxylic acid groups (broad SMARTS) is 1. The predicted molar refractivity (Wildman–Crippen MR) is 80.0 cm³/mol. The number of hydrogen-bond acceptors (Lipinski definition) is 3. The number of hydrogen-bond donors (Lipinski definition) is 2. The molecule has 0 amide bonds.